The molecule has 0 bridgehead atoms. The first-order valence-corrected chi connectivity index (χ1v) is 7.38. The van der Waals surface area contributed by atoms with Crippen LogP contribution in [0.1, 0.15) is 37.6 Å². The Morgan fingerprint density at radius 2 is 2.18 bits per heavy atom. The number of aliphatic hydroxyl groups excluding tert-OH is 1. The van der Waals surface area contributed by atoms with Crippen molar-refractivity contribution in [2.24, 2.45) is 5.92 Å². The number of nitro groups is 1. The zero-order valence-electron chi connectivity index (χ0n) is 13.1. The van der Waals surface area contributed by atoms with Gasteiger partial charge in [0.25, 0.3) is 0 Å². The molecule has 0 saturated heterocycles. The smallest absolute Gasteiger partial charge is 0.312 e. The van der Waals surface area contributed by atoms with Gasteiger partial charge in [0, 0.05) is 6.42 Å². The molecular formula is C14H22N4O4. The Hall–Kier alpha value is -1.96. The maximum atomic E-state index is 12.1. The van der Waals surface area contributed by atoms with Crippen LogP contribution in [0.15, 0.2) is 0 Å². The van der Waals surface area contributed by atoms with Crippen molar-refractivity contribution in [3.63, 3.8) is 0 Å². The molecule has 22 heavy (non-hydrogen) atoms. The van der Waals surface area contributed by atoms with Crippen molar-refractivity contribution < 1.29 is 14.8 Å². The predicted molar refractivity (Wildman–Crippen MR) is 79.3 cm³/mol. The summed E-state index contributed by atoms with van der Waals surface area (Å²) < 4.78 is 1.49. The summed E-state index contributed by atoms with van der Waals surface area (Å²) in [5.74, 6) is 0.148. The highest BCUT2D eigenvalue weighted by Crippen LogP contribution is 2.39. The molecule has 2 N–H and O–H groups in total. The molecule has 1 aliphatic rings. The molecule has 0 aliphatic heterocycles. The van der Waals surface area contributed by atoms with E-state index < -0.39 is 10.5 Å². The lowest BCUT2D eigenvalue weighted by Gasteiger charge is -2.28. The summed E-state index contributed by atoms with van der Waals surface area (Å²) in [6.45, 7) is 5.24. The SMILES string of the molecule is Cc1nn(CCC(=O)NC(C)(CO)C2CC2)c(C)c1[N+](=O)[O-]. The van der Waals surface area contributed by atoms with Gasteiger partial charge < -0.3 is 10.4 Å². The summed E-state index contributed by atoms with van der Waals surface area (Å²) in [4.78, 5) is 22.6. The van der Waals surface area contributed by atoms with E-state index >= 15 is 0 Å². The van der Waals surface area contributed by atoms with E-state index in [1.807, 2.05) is 6.92 Å². The highest BCUT2D eigenvalue weighted by atomic mass is 16.6. The standard InChI is InChI=1S/C14H22N4O4/c1-9-13(18(21)22)10(2)17(16-9)7-6-12(20)15-14(3,8-19)11-4-5-11/h11,19H,4-8H2,1-3H3,(H,15,20). The minimum absolute atomic E-state index is 0.00131. The fraction of sp³-hybridized carbons (Fsp3) is 0.714. The minimum atomic E-state index is -0.571. The predicted octanol–water partition coefficient (Wildman–Crippen LogP) is 1.08. The third kappa shape index (κ3) is 3.27. The second-order valence-electron chi connectivity index (χ2n) is 6.15. The molecule has 0 spiro atoms. The van der Waals surface area contributed by atoms with Gasteiger partial charge in [0.05, 0.1) is 23.6 Å². The summed E-state index contributed by atoms with van der Waals surface area (Å²) in [5, 5.41) is 27.4. The third-order valence-corrected chi connectivity index (χ3v) is 4.31. The Labute approximate surface area is 128 Å². The van der Waals surface area contributed by atoms with Crippen LogP contribution < -0.4 is 5.32 Å². The number of carbonyl (C=O) groups is 1. The van der Waals surface area contributed by atoms with Crippen LogP contribution in [0.4, 0.5) is 5.69 Å². The van der Waals surface area contributed by atoms with Gasteiger partial charge in [-0.1, -0.05) is 0 Å². The molecule has 1 fully saturated rings. The van der Waals surface area contributed by atoms with E-state index in [1.54, 1.807) is 13.8 Å². The fourth-order valence-corrected chi connectivity index (χ4v) is 2.75. The normalized spacial score (nSPS) is 17.1. The first-order chi connectivity index (χ1) is 10.3. The lowest BCUT2D eigenvalue weighted by atomic mass is 9.97. The molecule has 1 heterocycles. The second kappa shape index (κ2) is 6.04. The number of hydrogen-bond donors (Lipinski definition) is 2. The summed E-state index contributed by atoms with van der Waals surface area (Å²) in [7, 11) is 0. The van der Waals surface area contributed by atoms with Crippen molar-refractivity contribution in [1.29, 1.82) is 0 Å². The van der Waals surface area contributed by atoms with Gasteiger partial charge in [0.2, 0.25) is 5.91 Å². The van der Waals surface area contributed by atoms with Gasteiger partial charge in [-0.15, -0.1) is 0 Å². The number of aliphatic hydroxyl groups is 1. The Balaban J connectivity index is 1.97. The third-order valence-electron chi connectivity index (χ3n) is 4.31. The highest BCUT2D eigenvalue weighted by molar-refractivity contribution is 5.76. The van der Waals surface area contributed by atoms with Crippen molar-refractivity contribution in [3.05, 3.63) is 21.5 Å². The summed E-state index contributed by atoms with van der Waals surface area (Å²) >= 11 is 0. The molecule has 1 aliphatic carbocycles. The molecule has 0 radical (unpaired) electrons. The van der Waals surface area contributed by atoms with Crippen molar-refractivity contribution in [3.8, 4) is 0 Å². The van der Waals surface area contributed by atoms with Crippen LogP contribution in [-0.4, -0.2) is 37.9 Å². The number of aromatic nitrogens is 2. The van der Waals surface area contributed by atoms with Crippen LogP contribution >= 0.6 is 0 Å². The Bertz CT molecular complexity index is 594. The summed E-state index contributed by atoms with van der Waals surface area (Å²) in [6.07, 6.45) is 2.20. The molecule has 1 saturated carbocycles. The van der Waals surface area contributed by atoms with Crippen LogP contribution in [0.5, 0.6) is 0 Å². The summed E-state index contributed by atoms with van der Waals surface area (Å²) in [5.41, 5.74) is 0.222. The highest BCUT2D eigenvalue weighted by Gasteiger charge is 2.42. The van der Waals surface area contributed by atoms with Crippen molar-refractivity contribution >= 4 is 11.6 Å². The quantitative estimate of drug-likeness (QED) is 0.578. The molecular weight excluding hydrogens is 288 g/mol. The van der Waals surface area contributed by atoms with Gasteiger partial charge in [-0.2, -0.15) is 5.10 Å². The molecule has 8 nitrogen and oxygen atoms in total. The van der Waals surface area contributed by atoms with Crippen molar-refractivity contribution in [2.45, 2.75) is 52.1 Å². The number of aryl methyl sites for hydroxylation is 2. The van der Waals surface area contributed by atoms with Crippen LogP contribution in [0.2, 0.25) is 0 Å². The van der Waals surface area contributed by atoms with Gasteiger partial charge in [0.15, 0.2) is 0 Å². The number of rotatable bonds is 7. The Kier molecular flexibility index (Phi) is 4.50. The maximum Gasteiger partial charge on any atom is 0.312 e. The lowest BCUT2D eigenvalue weighted by Crippen LogP contribution is -2.50. The van der Waals surface area contributed by atoms with Gasteiger partial charge in [-0.3, -0.25) is 19.6 Å². The first kappa shape index (κ1) is 16.4. The van der Waals surface area contributed by atoms with E-state index in [4.69, 9.17) is 0 Å². The van der Waals surface area contributed by atoms with Crippen molar-refractivity contribution in [1.82, 2.24) is 15.1 Å². The zero-order valence-corrected chi connectivity index (χ0v) is 13.1. The minimum Gasteiger partial charge on any atom is -0.394 e. The van der Waals surface area contributed by atoms with Crippen LogP contribution in [-0.2, 0) is 11.3 Å². The fourth-order valence-electron chi connectivity index (χ4n) is 2.75. The number of amides is 1. The van der Waals surface area contributed by atoms with Crippen LogP contribution in [0, 0.1) is 29.9 Å². The number of carbonyl (C=O) groups excluding carboxylic acids is 1. The van der Waals surface area contributed by atoms with Gasteiger partial charge in [-0.25, -0.2) is 0 Å². The zero-order chi connectivity index (χ0) is 16.5. The van der Waals surface area contributed by atoms with E-state index in [2.05, 4.69) is 10.4 Å². The molecule has 122 valence electrons. The number of nitrogens with one attached hydrogen (secondary N) is 1. The van der Waals surface area contributed by atoms with E-state index in [0.717, 1.165) is 12.8 Å². The number of hydrogen-bond acceptors (Lipinski definition) is 5. The van der Waals surface area contributed by atoms with Gasteiger partial charge in [0.1, 0.15) is 11.4 Å². The van der Waals surface area contributed by atoms with Crippen molar-refractivity contribution in [2.75, 3.05) is 6.61 Å². The average molecular weight is 310 g/mol. The van der Waals surface area contributed by atoms with E-state index in [9.17, 15) is 20.0 Å². The molecule has 1 amide bonds. The van der Waals surface area contributed by atoms with Crippen LogP contribution in [0.25, 0.3) is 0 Å². The molecule has 0 aromatic carbocycles. The molecule has 1 aromatic heterocycles. The van der Waals surface area contributed by atoms with E-state index in [1.165, 1.54) is 4.68 Å². The molecule has 1 aromatic rings. The molecule has 1 atom stereocenters. The Morgan fingerprint density at radius 1 is 1.55 bits per heavy atom. The average Bonchev–Trinajstić information content (AvgIpc) is 3.24. The van der Waals surface area contributed by atoms with Gasteiger partial charge in [-0.05, 0) is 39.5 Å². The summed E-state index contributed by atoms with van der Waals surface area (Å²) in [6, 6.07) is 0. The Morgan fingerprint density at radius 3 is 2.64 bits per heavy atom. The topological polar surface area (TPSA) is 110 Å². The second-order valence-corrected chi connectivity index (χ2v) is 6.15. The monoisotopic (exact) mass is 310 g/mol. The molecule has 2 rings (SSSR count). The molecule has 1 unspecified atom stereocenters. The van der Waals surface area contributed by atoms with E-state index in [-0.39, 0.29) is 31.2 Å². The maximum absolute atomic E-state index is 12.1. The lowest BCUT2D eigenvalue weighted by molar-refractivity contribution is -0.386. The number of nitrogens with zero attached hydrogens (tertiary/aromatic N) is 3. The van der Waals surface area contributed by atoms with Gasteiger partial charge >= 0.3 is 5.69 Å². The first-order valence-electron chi connectivity index (χ1n) is 7.38. The largest absolute Gasteiger partial charge is 0.394 e. The van der Waals surface area contributed by atoms with Crippen LogP contribution in [0.3, 0.4) is 0 Å². The molecule has 8 heteroatoms. The van der Waals surface area contributed by atoms with E-state index in [0.29, 0.717) is 17.3 Å².